The summed E-state index contributed by atoms with van der Waals surface area (Å²) < 4.78 is 4.49. The van der Waals surface area contributed by atoms with Crippen LogP contribution in [-0.4, -0.2) is 18.1 Å². The summed E-state index contributed by atoms with van der Waals surface area (Å²) in [5.74, 6) is -0.0284. The van der Waals surface area contributed by atoms with Crippen molar-refractivity contribution in [2.75, 3.05) is 7.11 Å². The number of hydrogen-bond donors (Lipinski definition) is 0. The molecule has 0 atom stereocenters. The van der Waals surface area contributed by atoms with Gasteiger partial charge in [0, 0.05) is 11.3 Å². The van der Waals surface area contributed by atoms with Gasteiger partial charge in [-0.2, -0.15) is 5.26 Å². The molecule has 0 amide bonds. The van der Waals surface area contributed by atoms with Gasteiger partial charge < -0.3 is 4.74 Å². The van der Waals surface area contributed by atoms with E-state index in [1.165, 1.54) is 26.0 Å². The molecule has 1 aromatic rings. The third-order valence-corrected chi connectivity index (χ3v) is 3.31. The molecule has 0 aliphatic heterocycles. The SMILES string of the molecule is COC(=O)C(C#N)=Cc1csc(C2CC2)n1. The average molecular weight is 234 g/mol. The number of hydrogen-bond acceptors (Lipinski definition) is 5. The van der Waals surface area contributed by atoms with Gasteiger partial charge in [0.1, 0.15) is 11.6 Å². The molecule has 0 unspecified atom stereocenters. The van der Waals surface area contributed by atoms with Gasteiger partial charge in [0.15, 0.2) is 0 Å². The minimum absolute atomic E-state index is 0.0184. The fraction of sp³-hybridized carbons (Fsp3) is 0.364. The topological polar surface area (TPSA) is 63.0 Å². The number of ether oxygens (including phenoxy) is 1. The highest BCUT2D eigenvalue weighted by molar-refractivity contribution is 7.09. The van der Waals surface area contributed by atoms with Gasteiger partial charge >= 0.3 is 5.97 Å². The van der Waals surface area contributed by atoms with Crippen LogP contribution in [0.15, 0.2) is 11.0 Å². The largest absolute Gasteiger partial charge is 0.465 e. The first-order chi connectivity index (χ1) is 7.74. The molecule has 0 radical (unpaired) electrons. The van der Waals surface area contributed by atoms with Crippen LogP contribution in [0, 0.1) is 11.3 Å². The molecule has 1 fully saturated rings. The molecule has 2 rings (SSSR count). The van der Waals surface area contributed by atoms with Crippen LogP contribution in [0.25, 0.3) is 6.08 Å². The Kier molecular flexibility index (Phi) is 3.02. The van der Waals surface area contributed by atoms with Crippen molar-refractivity contribution in [3.8, 4) is 6.07 Å². The van der Waals surface area contributed by atoms with Gasteiger partial charge in [-0.1, -0.05) is 0 Å². The van der Waals surface area contributed by atoms with E-state index in [0.29, 0.717) is 11.6 Å². The zero-order valence-electron chi connectivity index (χ0n) is 8.77. The highest BCUT2D eigenvalue weighted by Gasteiger charge is 2.26. The molecule has 1 saturated carbocycles. The first kappa shape index (κ1) is 10.8. The number of methoxy groups -OCH3 is 1. The van der Waals surface area contributed by atoms with Gasteiger partial charge in [0.05, 0.1) is 17.8 Å². The van der Waals surface area contributed by atoms with Crippen molar-refractivity contribution in [2.24, 2.45) is 0 Å². The van der Waals surface area contributed by atoms with Crippen molar-refractivity contribution < 1.29 is 9.53 Å². The van der Waals surface area contributed by atoms with Crippen LogP contribution in [0.4, 0.5) is 0 Å². The molecular weight excluding hydrogens is 224 g/mol. The monoisotopic (exact) mass is 234 g/mol. The summed E-state index contributed by atoms with van der Waals surface area (Å²) in [7, 11) is 1.25. The van der Waals surface area contributed by atoms with E-state index in [9.17, 15) is 4.79 Å². The Morgan fingerprint density at radius 1 is 1.75 bits per heavy atom. The molecule has 82 valence electrons. The second-order valence-electron chi connectivity index (χ2n) is 3.55. The van der Waals surface area contributed by atoms with Gasteiger partial charge in [-0.05, 0) is 18.9 Å². The number of nitriles is 1. The van der Waals surface area contributed by atoms with E-state index in [-0.39, 0.29) is 5.57 Å². The van der Waals surface area contributed by atoms with Crippen molar-refractivity contribution in [1.82, 2.24) is 4.98 Å². The highest BCUT2D eigenvalue weighted by atomic mass is 32.1. The molecule has 0 aromatic carbocycles. The fourth-order valence-corrected chi connectivity index (χ4v) is 2.23. The lowest BCUT2D eigenvalue weighted by Crippen LogP contribution is -2.02. The van der Waals surface area contributed by atoms with Crippen LogP contribution in [0.1, 0.15) is 29.5 Å². The maximum atomic E-state index is 11.2. The van der Waals surface area contributed by atoms with E-state index < -0.39 is 5.97 Å². The normalized spacial score (nSPS) is 15.6. The molecule has 5 heteroatoms. The lowest BCUT2D eigenvalue weighted by atomic mass is 10.2. The third-order valence-electron chi connectivity index (χ3n) is 2.28. The van der Waals surface area contributed by atoms with Gasteiger partial charge in [-0.25, -0.2) is 9.78 Å². The minimum atomic E-state index is -0.622. The summed E-state index contributed by atoms with van der Waals surface area (Å²) in [6.45, 7) is 0. The van der Waals surface area contributed by atoms with Gasteiger partial charge in [-0.15, -0.1) is 11.3 Å². The highest BCUT2D eigenvalue weighted by Crippen LogP contribution is 2.41. The second kappa shape index (κ2) is 4.45. The molecule has 1 aliphatic rings. The van der Waals surface area contributed by atoms with Gasteiger partial charge in [-0.3, -0.25) is 0 Å². The molecule has 0 spiro atoms. The van der Waals surface area contributed by atoms with Crippen LogP contribution < -0.4 is 0 Å². The lowest BCUT2D eigenvalue weighted by molar-refractivity contribution is -0.135. The minimum Gasteiger partial charge on any atom is -0.465 e. The van der Waals surface area contributed by atoms with E-state index in [1.54, 1.807) is 17.4 Å². The van der Waals surface area contributed by atoms with Crippen molar-refractivity contribution in [2.45, 2.75) is 18.8 Å². The van der Waals surface area contributed by atoms with Crippen molar-refractivity contribution in [1.29, 1.82) is 5.26 Å². The van der Waals surface area contributed by atoms with Crippen LogP contribution >= 0.6 is 11.3 Å². The number of thiazole rings is 1. The Morgan fingerprint density at radius 3 is 3.06 bits per heavy atom. The van der Waals surface area contributed by atoms with Gasteiger partial charge in [0.2, 0.25) is 0 Å². The van der Waals surface area contributed by atoms with Crippen LogP contribution in [0.3, 0.4) is 0 Å². The van der Waals surface area contributed by atoms with E-state index in [4.69, 9.17) is 5.26 Å². The molecule has 4 nitrogen and oxygen atoms in total. The predicted octanol–water partition coefficient (Wildman–Crippen LogP) is 2.10. The molecule has 1 heterocycles. The fourth-order valence-electron chi connectivity index (χ4n) is 1.28. The maximum Gasteiger partial charge on any atom is 0.348 e. The molecule has 1 aromatic heterocycles. The third kappa shape index (κ3) is 2.28. The van der Waals surface area contributed by atoms with Crippen molar-refractivity contribution >= 4 is 23.4 Å². The Hall–Kier alpha value is -1.67. The Labute approximate surface area is 97.2 Å². The Balaban J connectivity index is 2.19. The summed E-state index contributed by atoms with van der Waals surface area (Å²) in [4.78, 5) is 15.5. The molecule has 16 heavy (non-hydrogen) atoms. The standard InChI is InChI=1S/C11H10N2O2S/c1-15-11(14)8(5-12)4-9-6-16-10(13-9)7-2-3-7/h4,6-7H,2-3H2,1H3. The first-order valence-electron chi connectivity index (χ1n) is 4.90. The zero-order valence-corrected chi connectivity index (χ0v) is 9.58. The van der Waals surface area contributed by atoms with Crippen molar-refractivity contribution in [3.63, 3.8) is 0 Å². The summed E-state index contributed by atoms with van der Waals surface area (Å²) in [5.41, 5.74) is 0.643. The number of carbonyl (C=O) groups excluding carboxylic acids is 1. The number of rotatable bonds is 3. The van der Waals surface area contributed by atoms with Crippen LogP contribution in [0.2, 0.25) is 0 Å². The summed E-state index contributed by atoms with van der Waals surface area (Å²) in [6, 6.07) is 1.81. The summed E-state index contributed by atoms with van der Waals surface area (Å²) in [5, 5.41) is 11.7. The quantitative estimate of drug-likeness (QED) is 0.456. The number of esters is 1. The van der Waals surface area contributed by atoms with E-state index in [2.05, 4.69) is 9.72 Å². The van der Waals surface area contributed by atoms with E-state index >= 15 is 0 Å². The Bertz CT molecular complexity index is 480. The van der Waals surface area contributed by atoms with Crippen molar-refractivity contribution in [3.05, 3.63) is 21.7 Å². The average Bonchev–Trinajstić information content (AvgIpc) is 3.05. The molecular formula is C11H10N2O2S. The molecule has 0 bridgehead atoms. The van der Waals surface area contributed by atoms with Crippen LogP contribution in [0.5, 0.6) is 0 Å². The smallest absolute Gasteiger partial charge is 0.348 e. The molecule has 0 saturated heterocycles. The van der Waals surface area contributed by atoms with E-state index in [1.807, 2.05) is 5.38 Å². The first-order valence-corrected chi connectivity index (χ1v) is 5.78. The lowest BCUT2D eigenvalue weighted by Gasteiger charge is -1.93. The van der Waals surface area contributed by atoms with Crippen LogP contribution in [-0.2, 0) is 9.53 Å². The molecule has 1 aliphatic carbocycles. The Morgan fingerprint density at radius 2 is 2.50 bits per heavy atom. The molecule has 0 N–H and O–H groups in total. The van der Waals surface area contributed by atoms with E-state index in [0.717, 1.165) is 5.01 Å². The predicted molar refractivity (Wildman–Crippen MR) is 59.7 cm³/mol. The van der Waals surface area contributed by atoms with Gasteiger partial charge in [0.25, 0.3) is 0 Å². The summed E-state index contributed by atoms with van der Waals surface area (Å²) >= 11 is 1.57. The maximum absolute atomic E-state index is 11.2. The number of carbonyl (C=O) groups is 1. The number of nitrogens with zero attached hydrogens (tertiary/aromatic N) is 2. The summed E-state index contributed by atoms with van der Waals surface area (Å²) in [6.07, 6.45) is 3.85. The number of aromatic nitrogens is 1. The zero-order chi connectivity index (χ0) is 11.5. The second-order valence-corrected chi connectivity index (χ2v) is 4.44.